The molecule has 0 radical (unpaired) electrons. The third-order valence-electron chi connectivity index (χ3n) is 5.10. The van der Waals surface area contributed by atoms with E-state index in [1.54, 1.807) is 29.2 Å². The van der Waals surface area contributed by atoms with E-state index < -0.39 is 30.4 Å². The molecule has 0 bridgehead atoms. The minimum Gasteiger partial charge on any atom is -0.462 e. The molecule has 1 aliphatic rings. The first-order chi connectivity index (χ1) is 15.7. The summed E-state index contributed by atoms with van der Waals surface area (Å²) in [6.07, 6.45) is 0.0443. The van der Waals surface area contributed by atoms with Crippen LogP contribution in [0.3, 0.4) is 0 Å². The number of esters is 2. The minimum atomic E-state index is -0.622. The number of carbonyl (C=O) groups excluding carboxylic acids is 4. The molecule has 2 amide bonds. The van der Waals surface area contributed by atoms with Crippen molar-refractivity contribution in [1.82, 2.24) is 0 Å². The molecule has 0 saturated carbocycles. The van der Waals surface area contributed by atoms with Crippen molar-refractivity contribution in [3.63, 3.8) is 0 Å². The molecule has 0 unspecified atom stereocenters. The summed E-state index contributed by atoms with van der Waals surface area (Å²) >= 11 is 0. The van der Waals surface area contributed by atoms with Crippen molar-refractivity contribution >= 4 is 35.1 Å². The number of benzene rings is 2. The van der Waals surface area contributed by atoms with Gasteiger partial charge in [0.1, 0.15) is 0 Å². The van der Waals surface area contributed by atoms with Crippen LogP contribution in [0.25, 0.3) is 0 Å². The van der Waals surface area contributed by atoms with Crippen molar-refractivity contribution in [3.8, 4) is 0 Å². The largest absolute Gasteiger partial charge is 0.462 e. The van der Waals surface area contributed by atoms with Crippen molar-refractivity contribution in [2.45, 2.75) is 27.2 Å². The molecule has 2 aromatic rings. The fourth-order valence-electron chi connectivity index (χ4n) is 3.31. The van der Waals surface area contributed by atoms with E-state index in [0.29, 0.717) is 17.9 Å². The average Bonchev–Trinajstić information content (AvgIpc) is 3.18. The van der Waals surface area contributed by atoms with Crippen LogP contribution in [0.15, 0.2) is 48.5 Å². The Morgan fingerprint density at radius 2 is 1.70 bits per heavy atom. The van der Waals surface area contributed by atoms with Gasteiger partial charge in [0.15, 0.2) is 6.61 Å². The van der Waals surface area contributed by atoms with E-state index in [-0.39, 0.29) is 24.8 Å². The predicted molar refractivity (Wildman–Crippen MR) is 123 cm³/mol. The van der Waals surface area contributed by atoms with Crippen LogP contribution in [-0.4, -0.2) is 43.5 Å². The molecule has 0 spiro atoms. The highest BCUT2D eigenvalue weighted by molar-refractivity contribution is 6.00. The molecule has 3 rings (SSSR count). The number of anilines is 2. The quantitative estimate of drug-likeness (QED) is 0.617. The summed E-state index contributed by atoms with van der Waals surface area (Å²) in [4.78, 5) is 50.3. The molecule has 1 heterocycles. The Balaban J connectivity index is 1.46. The topological polar surface area (TPSA) is 102 Å². The predicted octanol–water partition coefficient (Wildman–Crippen LogP) is 3.34. The van der Waals surface area contributed by atoms with Crippen molar-refractivity contribution in [2.75, 3.05) is 30.0 Å². The van der Waals surface area contributed by atoms with Gasteiger partial charge in [-0.1, -0.05) is 31.5 Å². The number of hydrogen-bond acceptors (Lipinski definition) is 6. The van der Waals surface area contributed by atoms with Gasteiger partial charge in [0.2, 0.25) is 5.91 Å². The zero-order valence-electron chi connectivity index (χ0n) is 19.0. The van der Waals surface area contributed by atoms with Crippen LogP contribution in [0.4, 0.5) is 11.4 Å². The van der Waals surface area contributed by atoms with E-state index in [9.17, 15) is 19.2 Å². The summed E-state index contributed by atoms with van der Waals surface area (Å²) in [7, 11) is 0. The first-order valence-corrected chi connectivity index (χ1v) is 10.8. The lowest BCUT2D eigenvalue weighted by Gasteiger charge is -2.16. The molecule has 33 heavy (non-hydrogen) atoms. The molecule has 1 saturated heterocycles. The summed E-state index contributed by atoms with van der Waals surface area (Å²) in [5, 5.41) is 2.61. The normalized spacial score (nSPS) is 15.5. The number of hydrogen-bond donors (Lipinski definition) is 1. The van der Waals surface area contributed by atoms with Crippen LogP contribution < -0.4 is 10.2 Å². The maximum absolute atomic E-state index is 12.4. The molecule has 8 nitrogen and oxygen atoms in total. The maximum Gasteiger partial charge on any atom is 0.338 e. The standard InChI is InChI=1S/C25H28N2O6/c1-16(2)14-32-24(30)18-6-8-20(9-7-18)26-22(28)15-33-25(31)19-12-23(29)27(13-19)21-10-4-17(3)5-11-21/h4-11,16,19H,12-15H2,1-3H3,(H,26,28)/t19-/m1/s1. The van der Waals surface area contributed by atoms with Gasteiger partial charge in [-0.05, 0) is 49.2 Å². The highest BCUT2D eigenvalue weighted by Gasteiger charge is 2.36. The number of nitrogens with zero attached hydrogens (tertiary/aromatic N) is 1. The van der Waals surface area contributed by atoms with Gasteiger partial charge in [-0.3, -0.25) is 14.4 Å². The van der Waals surface area contributed by atoms with E-state index >= 15 is 0 Å². The van der Waals surface area contributed by atoms with E-state index in [4.69, 9.17) is 9.47 Å². The molecule has 1 atom stereocenters. The zero-order chi connectivity index (χ0) is 24.0. The number of nitrogens with one attached hydrogen (secondary N) is 1. The van der Waals surface area contributed by atoms with E-state index in [0.717, 1.165) is 11.3 Å². The monoisotopic (exact) mass is 452 g/mol. The second-order valence-corrected chi connectivity index (χ2v) is 8.47. The highest BCUT2D eigenvalue weighted by Crippen LogP contribution is 2.26. The molecule has 2 aromatic carbocycles. The molecule has 1 aliphatic heterocycles. The molecule has 0 aliphatic carbocycles. The summed E-state index contributed by atoms with van der Waals surface area (Å²) in [5.74, 6) is -2.07. The number of amides is 2. The number of ether oxygens (including phenoxy) is 2. The van der Waals surface area contributed by atoms with Gasteiger partial charge in [-0.15, -0.1) is 0 Å². The maximum atomic E-state index is 12.4. The van der Waals surface area contributed by atoms with Gasteiger partial charge in [-0.2, -0.15) is 0 Å². The van der Waals surface area contributed by atoms with Crippen LogP contribution in [0.5, 0.6) is 0 Å². The van der Waals surface area contributed by atoms with Crippen LogP contribution in [0, 0.1) is 18.8 Å². The second kappa shape index (κ2) is 10.8. The average molecular weight is 453 g/mol. The van der Waals surface area contributed by atoms with Gasteiger partial charge in [0, 0.05) is 24.3 Å². The Labute approximate surface area is 192 Å². The molecule has 1 N–H and O–H groups in total. The first kappa shape index (κ1) is 24.0. The van der Waals surface area contributed by atoms with Crippen molar-refractivity contribution in [2.24, 2.45) is 11.8 Å². The highest BCUT2D eigenvalue weighted by atomic mass is 16.5. The Bertz CT molecular complexity index is 1010. The van der Waals surface area contributed by atoms with Crippen molar-refractivity contribution in [3.05, 3.63) is 59.7 Å². The molecular weight excluding hydrogens is 424 g/mol. The Morgan fingerprint density at radius 1 is 1.03 bits per heavy atom. The SMILES string of the molecule is Cc1ccc(N2C[C@H](C(=O)OCC(=O)Nc3ccc(C(=O)OCC(C)C)cc3)CC2=O)cc1. The number of carbonyl (C=O) groups is 4. The molecule has 174 valence electrons. The number of rotatable bonds is 8. The van der Waals surface area contributed by atoms with E-state index in [1.807, 2.05) is 45.0 Å². The number of aryl methyl sites for hydroxylation is 1. The van der Waals surface area contributed by atoms with Crippen LogP contribution in [0.2, 0.25) is 0 Å². The lowest BCUT2D eigenvalue weighted by Crippen LogP contribution is -2.28. The van der Waals surface area contributed by atoms with Crippen LogP contribution >= 0.6 is 0 Å². The van der Waals surface area contributed by atoms with Gasteiger partial charge >= 0.3 is 11.9 Å². The third kappa shape index (κ3) is 6.65. The Hall–Kier alpha value is -3.68. The van der Waals surface area contributed by atoms with Crippen LogP contribution in [0.1, 0.15) is 36.2 Å². The van der Waals surface area contributed by atoms with Crippen LogP contribution in [-0.2, 0) is 23.9 Å². The van der Waals surface area contributed by atoms with Crippen molar-refractivity contribution in [1.29, 1.82) is 0 Å². The lowest BCUT2D eigenvalue weighted by atomic mass is 10.1. The fraction of sp³-hybridized carbons (Fsp3) is 0.360. The van der Waals surface area contributed by atoms with E-state index in [2.05, 4.69) is 5.32 Å². The van der Waals surface area contributed by atoms with Gasteiger partial charge in [-0.25, -0.2) is 4.79 Å². The second-order valence-electron chi connectivity index (χ2n) is 8.47. The molecular formula is C25H28N2O6. The molecule has 0 aromatic heterocycles. The van der Waals surface area contributed by atoms with Gasteiger partial charge in [0.05, 0.1) is 18.1 Å². The summed E-state index contributed by atoms with van der Waals surface area (Å²) in [5.41, 5.74) is 2.64. The minimum absolute atomic E-state index is 0.0443. The van der Waals surface area contributed by atoms with Gasteiger partial charge in [0.25, 0.3) is 5.91 Å². The Morgan fingerprint density at radius 3 is 2.33 bits per heavy atom. The summed E-state index contributed by atoms with van der Waals surface area (Å²) in [6, 6.07) is 13.7. The smallest absolute Gasteiger partial charge is 0.338 e. The summed E-state index contributed by atoms with van der Waals surface area (Å²) in [6.45, 7) is 5.94. The fourth-order valence-corrected chi connectivity index (χ4v) is 3.31. The third-order valence-corrected chi connectivity index (χ3v) is 5.10. The van der Waals surface area contributed by atoms with Gasteiger partial charge < -0.3 is 19.7 Å². The first-order valence-electron chi connectivity index (χ1n) is 10.8. The Kier molecular flexibility index (Phi) is 7.82. The zero-order valence-corrected chi connectivity index (χ0v) is 19.0. The molecule has 1 fully saturated rings. The van der Waals surface area contributed by atoms with Crippen molar-refractivity contribution < 1.29 is 28.7 Å². The lowest BCUT2D eigenvalue weighted by molar-refractivity contribution is -0.151. The van der Waals surface area contributed by atoms with E-state index in [1.165, 1.54) is 0 Å². The summed E-state index contributed by atoms with van der Waals surface area (Å²) < 4.78 is 10.3. The molecule has 8 heteroatoms.